The van der Waals surface area contributed by atoms with Gasteiger partial charge in [0.1, 0.15) is 15.5 Å². The van der Waals surface area contributed by atoms with Crippen LogP contribution in [0.25, 0.3) is 10.8 Å². The molecule has 4 rings (SSSR count). The number of nitrogens with one attached hydrogen (secondary N) is 1. The van der Waals surface area contributed by atoms with Crippen LogP contribution in [0.2, 0.25) is 15.1 Å². The predicted molar refractivity (Wildman–Crippen MR) is 145 cm³/mol. The minimum atomic E-state index is -5.15. The molecule has 0 bridgehead atoms. The van der Waals surface area contributed by atoms with Crippen LogP contribution in [0, 0.1) is 0 Å². The van der Waals surface area contributed by atoms with Crippen molar-refractivity contribution in [1.29, 1.82) is 0 Å². The lowest BCUT2D eigenvalue weighted by Crippen LogP contribution is -2.13. The summed E-state index contributed by atoms with van der Waals surface area (Å²) in [7, 11) is -10.1. The highest BCUT2D eigenvalue weighted by Gasteiger charge is 2.28. The van der Waals surface area contributed by atoms with Gasteiger partial charge in [0, 0.05) is 15.4 Å². The summed E-state index contributed by atoms with van der Waals surface area (Å²) in [5.41, 5.74) is -0.976. The SMILES string of the molecule is O=C(Nc1ccc(S(=O)(=O)O)c2cc(S(=O)(=O)O)c(N=Nc3cccc(Cl)c3)c(O)c12)c1cc(Cl)ccc1Cl. The molecule has 0 atom stereocenters. The first-order valence-corrected chi connectivity index (χ1v) is 14.4. The minimum absolute atomic E-state index is 0.0182. The largest absolute Gasteiger partial charge is 0.505 e. The van der Waals surface area contributed by atoms with E-state index >= 15 is 0 Å². The van der Waals surface area contributed by atoms with Crippen LogP contribution in [0.1, 0.15) is 10.4 Å². The van der Waals surface area contributed by atoms with E-state index in [-0.39, 0.29) is 32.0 Å². The summed E-state index contributed by atoms with van der Waals surface area (Å²) >= 11 is 17.9. The van der Waals surface area contributed by atoms with Crippen LogP contribution in [-0.2, 0) is 20.2 Å². The number of fused-ring (bicyclic) bond motifs is 1. The Morgan fingerprint density at radius 2 is 1.46 bits per heavy atom. The number of hydrogen-bond acceptors (Lipinski definition) is 8. The maximum atomic E-state index is 13.0. The highest BCUT2D eigenvalue weighted by Crippen LogP contribution is 2.46. The van der Waals surface area contributed by atoms with Crippen LogP contribution >= 0.6 is 34.8 Å². The van der Waals surface area contributed by atoms with Gasteiger partial charge in [0.2, 0.25) is 0 Å². The number of nitrogens with zero attached hydrogens (tertiary/aromatic N) is 2. The standard InChI is InChI=1S/C23H14Cl3N3O8S2/c24-11-2-1-3-13(8-11)28-29-21-19(39(35,36)37)10-15-18(38(32,33)34)7-6-17(20(15)22(21)30)27-23(31)14-9-12(25)4-5-16(14)26/h1-10,30H,(H,27,31)(H,32,33,34)(H,35,36,37). The zero-order valence-corrected chi connectivity index (χ0v) is 22.9. The van der Waals surface area contributed by atoms with Gasteiger partial charge in [-0.2, -0.15) is 21.9 Å². The number of carbonyl (C=O) groups is 1. The van der Waals surface area contributed by atoms with E-state index in [1.165, 1.54) is 42.5 Å². The lowest BCUT2D eigenvalue weighted by molar-refractivity contribution is 0.102. The van der Waals surface area contributed by atoms with Gasteiger partial charge >= 0.3 is 0 Å². The number of hydrogen-bond donors (Lipinski definition) is 4. The molecule has 16 heteroatoms. The molecule has 11 nitrogen and oxygen atoms in total. The smallest absolute Gasteiger partial charge is 0.296 e. The number of aromatic hydroxyl groups is 1. The summed E-state index contributed by atoms with van der Waals surface area (Å²) in [6.07, 6.45) is 0. The fraction of sp³-hybridized carbons (Fsp3) is 0. The maximum absolute atomic E-state index is 13.0. The first kappa shape index (κ1) is 28.7. The van der Waals surface area contributed by atoms with E-state index in [1.807, 2.05) is 0 Å². The second-order valence-corrected chi connectivity index (χ2v) is 11.9. The third-order valence-electron chi connectivity index (χ3n) is 5.23. The minimum Gasteiger partial charge on any atom is -0.505 e. The second-order valence-electron chi connectivity index (χ2n) is 7.81. The number of phenolic OH excluding ortho intramolecular Hbond substituents is 1. The van der Waals surface area contributed by atoms with Crippen LogP contribution in [-0.4, -0.2) is 37.0 Å². The van der Waals surface area contributed by atoms with E-state index in [2.05, 4.69) is 15.5 Å². The van der Waals surface area contributed by atoms with E-state index in [0.29, 0.717) is 6.07 Å². The van der Waals surface area contributed by atoms with Crippen molar-refractivity contribution in [2.75, 3.05) is 5.32 Å². The van der Waals surface area contributed by atoms with Gasteiger partial charge < -0.3 is 10.4 Å². The molecule has 4 aromatic carbocycles. The predicted octanol–water partition coefficient (Wildman–Crippen LogP) is 6.67. The summed E-state index contributed by atoms with van der Waals surface area (Å²) in [5.74, 6) is -1.83. The molecule has 0 saturated carbocycles. The number of phenols is 1. The number of anilines is 1. The third-order valence-corrected chi connectivity index (χ3v) is 7.80. The first-order chi connectivity index (χ1) is 18.2. The molecular formula is C23H14Cl3N3O8S2. The van der Waals surface area contributed by atoms with Crippen LogP contribution < -0.4 is 5.32 Å². The van der Waals surface area contributed by atoms with Crippen molar-refractivity contribution in [1.82, 2.24) is 0 Å². The van der Waals surface area contributed by atoms with Crippen molar-refractivity contribution >= 4 is 88.8 Å². The van der Waals surface area contributed by atoms with E-state index in [0.717, 1.165) is 12.1 Å². The quantitative estimate of drug-likeness (QED) is 0.134. The van der Waals surface area contributed by atoms with Gasteiger partial charge in [-0.05, 0) is 54.6 Å². The Labute approximate surface area is 236 Å². The van der Waals surface area contributed by atoms with Crippen molar-refractivity contribution in [2.24, 2.45) is 10.2 Å². The number of rotatable bonds is 6. The molecule has 39 heavy (non-hydrogen) atoms. The van der Waals surface area contributed by atoms with Crippen molar-refractivity contribution in [3.05, 3.63) is 81.3 Å². The Morgan fingerprint density at radius 1 is 0.795 bits per heavy atom. The van der Waals surface area contributed by atoms with Crippen molar-refractivity contribution in [3.8, 4) is 5.75 Å². The van der Waals surface area contributed by atoms with Crippen molar-refractivity contribution in [3.63, 3.8) is 0 Å². The molecular weight excluding hydrogens is 617 g/mol. The Kier molecular flexibility index (Phi) is 7.87. The van der Waals surface area contributed by atoms with E-state index in [9.17, 15) is 35.8 Å². The topological polar surface area (TPSA) is 183 Å². The van der Waals surface area contributed by atoms with Crippen LogP contribution in [0.15, 0.2) is 80.7 Å². The monoisotopic (exact) mass is 629 g/mol. The number of azo groups is 1. The Morgan fingerprint density at radius 3 is 2.10 bits per heavy atom. The van der Waals surface area contributed by atoms with Crippen LogP contribution in [0.4, 0.5) is 17.1 Å². The average Bonchev–Trinajstić information content (AvgIpc) is 2.83. The third kappa shape index (κ3) is 6.15. The molecule has 202 valence electrons. The second kappa shape index (κ2) is 10.7. The Hall–Kier alpha value is -3.30. The number of amides is 1. The highest BCUT2D eigenvalue weighted by molar-refractivity contribution is 7.86. The van der Waals surface area contributed by atoms with E-state index in [4.69, 9.17) is 34.8 Å². The lowest BCUT2D eigenvalue weighted by atomic mass is 10.1. The molecule has 0 aliphatic carbocycles. The lowest BCUT2D eigenvalue weighted by Gasteiger charge is -2.16. The molecule has 4 aromatic rings. The zero-order valence-electron chi connectivity index (χ0n) is 19.0. The highest BCUT2D eigenvalue weighted by atomic mass is 35.5. The van der Waals surface area contributed by atoms with Crippen molar-refractivity contribution < 1.29 is 35.8 Å². The van der Waals surface area contributed by atoms with Gasteiger partial charge in [-0.15, -0.1) is 5.11 Å². The fourth-order valence-electron chi connectivity index (χ4n) is 3.56. The van der Waals surface area contributed by atoms with Gasteiger partial charge in [-0.1, -0.05) is 40.9 Å². The van der Waals surface area contributed by atoms with Crippen LogP contribution in [0.5, 0.6) is 5.75 Å². The summed E-state index contributed by atoms with van der Waals surface area (Å²) < 4.78 is 68.1. The van der Waals surface area contributed by atoms with Gasteiger partial charge in [-0.25, -0.2) is 0 Å². The molecule has 0 saturated heterocycles. The molecule has 0 unspecified atom stereocenters. The summed E-state index contributed by atoms with van der Waals surface area (Å²) in [4.78, 5) is 11.1. The first-order valence-electron chi connectivity index (χ1n) is 10.4. The fourth-order valence-corrected chi connectivity index (χ4v) is 5.45. The Balaban J connectivity index is 2.02. The number of benzene rings is 4. The molecule has 0 heterocycles. The number of halogens is 3. The average molecular weight is 631 g/mol. The summed E-state index contributed by atoms with van der Waals surface area (Å²) in [6.45, 7) is 0. The van der Waals surface area contributed by atoms with Crippen LogP contribution in [0.3, 0.4) is 0 Å². The number of carbonyl (C=O) groups excluding carboxylic acids is 1. The normalized spacial score (nSPS) is 12.2. The van der Waals surface area contributed by atoms with Gasteiger partial charge in [0.05, 0.1) is 27.3 Å². The molecule has 4 N–H and O–H groups in total. The van der Waals surface area contributed by atoms with Gasteiger partial charge in [-0.3, -0.25) is 13.9 Å². The zero-order chi connectivity index (χ0) is 28.7. The summed E-state index contributed by atoms with van der Waals surface area (Å²) in [6, 6.07) is 12.5. The molecule has 0 radical (unpaired) electrons. The molecule has 0 fully saturated rings. The molecule has 0 spiro atoms. The van der Waals surface area contributed by atoms with E-state index in [1.54, 1.807) is 0 Å². The molecule has 0 aliphatic heterocycles. The van der Waals surface area contributed by atoms with Gasteiger partial charge in [0.25, 0.3) is 26.1 Å². The Bertz CT molecular complexity index is 1910. The maximum Gasteiger partial charge on any atom is 0.296 e. The molecule has 1 amide bonds. The van der Waals surface area contributed by atoms with Gasteiger partial charge in [0.15, 0.2) is 5.75 Å². The van der Waals surface area contributed by atoms with E-state index < -0.39 is 58.1 Å². The van der Waals surface area contributed by atoms with Crippen molar-refractivity contribution in [2.45, 2.75) is 9.79 Å². The molecule has 0 aliphatic rings. The summed E-state index contributed by atoms with van der Waals surface area (Å²) in [5, 5.41) is 20.6. The molecule has 0 aromatic heterocycles.